The van der Waals surface area contributed by atoms with Crippen LogP contribution in [0.1, 0.15) is 48.8 Å². The number of aromatic nitrogens is 1. The minimum atomic E-state index is 0.380. The van der Waals surface area contributed by atoms with Crippen LogP contribution in [0.5, 0.6) is 0 Å². The maximum absolute atomic E-state index is 4.83. The first kappa shape index (κ1) is 13.4. The lowest BCUT2D eigenvalue weighted by Gasteiger charge is -2.34. The van der Waals surface area contributed by atoms with Gasteiger partial charge in [0.25, 0.3) is 0 Å². The van der Waals surface area contributed by atoms with Gasteiger partial charge in [-0.15, -0.1) is 11.3 Å². The van der Waals surface area contributed by atoms with Crippen molar-refractivity contribution in [3.8, 4) is 0 Å². The van der Waals surface area contributed by atoms with Gasteiger partial charge in [-0.05, 0) is 31.1 Å². The summed E-state index contributed by atoms with van der Waals surface area (Å²) >= 11 is 3.77. The molecule has 0 bridgehead atoms. The Morgan fingerprint density at radius 3 is 2.94 bits per heavy atom. The van der Waals surface area contributed by atoms with E-state index in [0.29, 0.717) is 11.5 Å². The van der Waals surface area contributed by atoms with Gasteiger partial charge < -0.3 is 5.32 Å². The maximum Gasteiger partial charge on any atom is 0.103 e. The molecule has 0 amide bonds. The molecule has 2 rings (SSSR count). The van der Waals surface area contributed by atoms with E-state index in [4.69, 9.17) is 4.98 Å². The number of rotatable bonds is 4. The van der Waals surface area contributed by atoms with Crippen molar-refractivity contribution in [3.05, 3.63) is 15.6 Å². The summed E-state index contributed by atoms with van der Waals surface area (Å²) in [6.07, 6.45) is 4.51. The molecule has 1 atom stereocenters. The molecule has 0 fully saturated rings. The van der Waals surface area contributed by atoms with Crippen molar-refractivity contribution in [2.24, 2.45) is 5.41 Å². The molecule has 1 N–H and O–H groups in total. The molecule has 1 aromatic heterocycles. The summed E-state index contributed by atoms with van der Waals surface area (Å²) in [4.78, 5) is 6.32. The summed E-state index contributed by atoms with van der Waals surface area (Å²) < 4.78 is 0. The molecule has 4 heteroatoms. The average molecular weight is 270 g/mol. The van der Waals surface area contributed by atoms with Gasteiger partial charge in [0.15, 0.2) is 0 Å². The SMILES string of the molecule is CCNC1CC(C)(C)Cc2nc(CSC)sc21. The van der Waals surface area contributed by atoms with Crippen molar-refractivity contribution in [1.29, 1.82) is 0 Å². The molecule has 0 aromatic carbocycles. The molecule has 0 aliphatic heterocycles. The zero-order chi connectivity index (χ0) is 12.5. The van der Waals surface area contributed by atoms with Crippen molar-refractivity contribution in [1.82, 2.24) is 10.3 Å². The van der Waals surface area contributed by atoms with E-state index in [0.717, 1.165) is 18.7 Å². The third-order valence-corrected chi connectivity index (χ3v) is 5.17. The second-order valence-corrected chi connectivity index (χ2v) is 7.49. The highest BCUT2D eigenvalue weighted by Gasteiger charge is 2.34. The summed E-state index contributed by atoms with van der Waals surface area (Å²) in [5, 5.41) is 4.91. The second-order valence-electron chi connectivity index (χ2n) is 5.51. The predicted octanol–water partition coefficient (Wildman–Crippen LogP) is 3.63. The number of fused-ring (bicyclic) bond motifs is 1. The van der Waals surface area contributed by atoms with Gasteiger partial charge in [0.1, 0.15) is 5.01 Å². The van der Waals surface area contributed by atoms with Crippen LogP contribution in [0.15, 0.2) is 0 Å². The van der Waals surface area contributed by atoms with Crippen LogP contribution < -0.4 is 5.32 Å². The largest absolute Gasteiger partial charge is 0.309 e. The Labute approximate surface area is 113 Å². The Hall–Kier alpha value is -0.0600. The van der Waals surface area contributed by atoms with Crippen LogP contribution in [-0.2, 0) is 12.2 Å². The normalized spacial score (nSPS) is 22.5. The predicted molar refractivity (Wildman–Crippen MR) is 77.9 cm³/mol. The minimum absolute atomic E-state index is 0.380. The van der Waals surface area contributed by atoms with Crippen molar-refractivity contribution >= 4 is 23.1 Å². The van der Waals surface area contributed by atoms with Gasteiger partial charge in [-0.3, -0.25) is 0 Å². The van der Waals surface area contributed by atoms with Gasteiger partial charge in [0, 0.05) is 16.7 Å². The van der Waals surface area contributed by atoms with Crippen molar-refractivity contribution in [3.63, 3.8) is 0 Å². The van der Waals surface area contributed by atoms with Crippen LogP contribution in [0.3, 0.4) is 0 Å². The van der Waals surface area contributed by atoms with Crippen LogP contribution in [0.4, 0.5) is 0 Å². The van der Waals surface area contributed by atoms with Gasteiger partial charge in [-0.2, -0.15) is 11.8 Å². The monoisotopic (exact) mass is 270 g/mol. The van der Waals surface area contributed by atoms with Crippen molar-refractivity contribution in [2.75, 3.05) is 12.8 Å². The molecule has 1 aliphatic rings. The molecule has 0 saturated carbocycles. The second kappa shape index (κ2) is 5.29. The number of nitrogens with zero attached hydrogens (tertiary/aromatic N) is 1. The van der Waals surface area contributed by atoms with Crippen LogP contribution in [0, 0.1) is 5.41 Å². The summed E-state index contributed by atoms with van der Waals surface area (Å²) in [5.74, 6) is 1.05. The van der Waals surface area contributed by atoms with E-state index >= 15 is 0 Å². The molecule has 0 spiro atoms. The molecule has 1 unspecified atom stereocenters. The zero-order valence-corrected chi connectivity index (χ0v) is 12.8. The highest BCUT2D eigenvalue weighted by molar-refractivity contribution is 7.97. The van der Waals surface area contributed by atoms with Crippen molar-refractivity contribution < 1.29 is 0 Å². The third kappa shape index (κ3) is 3.04. The fourth-order valence-corrected chi connectivity index (χ4v) is 4.44. The Balaban J connectivity index is 2.28. The number of hydrogen-bond donors (Lipinski definition) is 1. The summed E-state index contributed by atoms with van der Waals surface area (Å²) in [6, 6.07) is 0.520. The lowest BCUT2D eigenvalue weighted by atomic mass is 9.76. The van der Waals surface area contributed by atoms with Crippen LogP contribution in [0.25, 0.3) is 0 Å². The minimum Gasteiger partial charge on any atom is -0.309 e. The number of nitrogens with one attached hydrogen (secondary N) is 1. The smallest absolute Gasteiger partial charge is 0.103 e. The first-order valence-corrected chi connectivity index (χ1v) is 8.47. The van der Waals surface area contributed by atoms with Crippen LogP contribution in [0.2, 0.25) is 0 Å². The highest BCUT2D eigenvalue weighted by atomic mass is 32.2. The Bertz CT molecular complexity index is 385. The van der Waals surface area contributed by atoms with Gasteiger partial charge in [-0.25, -0.2) is 4.98 Å². The zero-order valence-electron chi connectivity index (χ0n) is 11.2. The van der Waals surface area contributed by atoms with E-state index in [1.54, 1.807) is 0 Å². The molecular formula is C13H22N2S2. The van der Waals surface area contributed by atoms with E-state index in [1.165, 1.54) is 22.0 Å². The van der Waals surface area contributed by atoms with Gasteiger partial charge >= 0.3 is 0 Å². The highest BCUT2D eigenvalue weighted by Crippen LogP contribution is 2.43. The van der Waals surface area contributed by atoms with E-state index < -0.39 is 0 Å². The van der Waals surface area contributed by atoms with Gasteiger partial charge in [0.05, 0.1) is 5.69 Å². The summed E-state index contributed by atoms with van der Waals surface area (Å²) in [7, 11) is 0. The lowest BCUT2D eigenvalue weighted by molar-refractivity contribution is 0.260. The molecule has 2 nitrogen and oxygen atoms in total. The van der Waals surface area contributed by atoms with Crippen LogP contribution in [-0.4, -0.2) is 17.8 Å². The number of thioether (sulfide) groups is 1. The lowest BCUT2D eigenvalue weighted by Crippen LogP contribution is -2.32. The average Bonchev–Trinajstić information content (AvgIpc) is 2.59. The standard InChI is InChI=1S/C13H22N2S2/c1-5-14-9-6-13(2,3)7-10-12(9)17-11(15-10)8-16-4/h9,14H,5-8H2,1-4H3. The molecule has 0 radical (unpaired) electrons. The molecule has 1 heterocycles. The van der Waals surface area contributed by atoms with Crippen LogP contribution >= 0.6 is 23.1 Å². The van der Waals surface area contributed by atoms with E-state index in [-0.39, 0.29) is 0 Å². The molecular weight excluding hydrogens is 248 g/mol. The van der Waals surface area contributed by atoms with E-state index in [2.05, 4.69) is 32.3 Å². The Kier molecular flexibility index (Phi) is 4.16. The third-order valence-electron chi connectivity index (χ3n) is 3.21. The van der Waals surface area contributed by atoms with E-state index in [9.17, 15) is 0 Å². The fraction of sp³-hybridized carbons (Fsp3) is 0.769. The Morgan fingerprint density at radius 1 is 1.53 bits per heavy atom. The quantitative estimate of drug-likeness (QED) is 0.904. The number of thiazole rings is 1. The van der Waals surface area contributed by atoms with E-state index in [1.807, 2.05) is 23.1 Å². The first-order valence-electron chi connectivity index (χ1n) is 6.26. The summed E-state index contributed by atoms with van der Waals surface area (Å²) in [5.41, 5.74) is 1.73. The molecule has 1 aromatic rings. The molecule has 17 heavy (non-hydrogen) atoms. The van der Waals surface area contributed by atoms with Gasteiger partial charge in [0.2, 0.25) is 0 Å². The van der Waals surface area contributed by atoms with Gasteiger partial charge in [-0.1, -0.05) is 20.8 Å². The van der Waals surface area contributed by atoms with Crippen molar-refractivity contribution in [2.45, 2.75) is 45.4 Å². The fourth-order valence-electron chi connectivity index (χ4n) is 2.58. The molecule has 96 valence electrons. The first-order chi connectivity index (χ1) is 8.05. The topological polar surface area (TPSA) is 24.9 Å². The Morgan fingerprint density at radius 2 is 2.29 bits per heavy atom. The molecule has 0 saturated heterocycles. The number of hydrogen-bond acceptors (Lipinski definition) is 4. The summed E-state index contributed by atoms with van der Waals surface area (Å²) in [6.45, 7) is 7.93. The maximum atomic E-state index is 4.83. The molecule has 1 aliphatic carbocycles.